The van der Waals surface area contributed by atoms with E-state index in [1.807, 2.05) is 14.0 Å². The Bertz CT molecular complexity index is 387. The smallest absolute Gasteiger partial charge is 0.306 e. The Hall–Kier alpha value is -0.620. The lowest BCUT2D eigenvalue weighted by atomic mass is 10.1. The van der Waals surface area contributed by atoms with Crippen LogP contribution in [0, 0.1) is 5.41 Å². The van der Waals surface area contributed by atoms with Gasteiger partial charge in [0.1, 0.15) is 0 Å². The maximum Gasteiger partial charge on any atom is 0.306 e. The first-order chi connectivity index (χ1) is 8.32. The van der Waals surface area contributed by atoms with Crippen LogP contribution < -0.4 is 5.32 Å². The van der Waals surface area contributed by atoms with Crippen LogP contribution in [0.5, 0.6) is 0 Å². The molecular weight excluding hydrogens is 254 g/mol. The number of esters is 1. The minimum absolute atomic E-state index is 0.117. The number of carbonyl (C=O) groups is 1. The molecule has 0 heterocycles. The molecule has 0 aromatic carbocycles. The average molecular weight is 277 g/mol. The van der Waals surface area contributed by atoms with Crippen LogP contribution in [0.1, 0.15) is 32.6 Å². The Balaban J connectivity index is 2.47. The second kappa shape index (κ2) is 6.02. The van der Waals surface area contributed by atoms with E-state index < -0.39 is 9.84 Å². The lowest BCUT2D eigenvalue weighted by Gasteiger charge is -2.15. The molecule has 0 aliphatic heterocycles. The van der Waals surface area contributed by atoms with Crippen LogP contribution in [0.3, 0.4) is 0 Å². The summed E-state index contributed by atoms with van der Waals surface area (Å²) in [6.45, 7) is 1.96. The lowest BCUT2D eigenvalue weighted by molar-refractivity contribution is -0.141. The standard InChI is InChI=1S/C12H23NO4S/c1-10(13-2)4-7-18(15,16)9-12(5-6-12)8-11(14)17-3/h10,13H,4-9H2,1-3H3. The highest BCUT2D eigenvalue weighted by atomic mass is 32.2. The molecule has 0 aromatic heterocycles. The number of sulfone groups is 1. The van der Waals surface area contributed by atoms with Crippen molar-refractivity contribution in [1.82, 2.24) is 5.32 Å². The third-order valence-electron chi connectivity index (χ3n) is 3.58. The summed E-state index contributed by atoms with van der Waals surface area (Å²) in [5, 5.41) is 3.02. The van der Waals surface area contributed by atoms with E-state index in [-0.39, 0.29) is 35.4 Å². The van der Waals surface area contributed by atoms with Gasteiger partial charge in [0.25, 0.3) is 0 Å². The van der Waals surface area contributed by atoms with E-state index in [9.17, 15) is 13.2 Å². The molecule has 0 amide bonds. The highest BCUT2D eigenvalue weighted by Gasteiger charge is 2.47. The molecule has 1 saturated carbocycles. The van der Waals surface area contributed by atoms with Crippen molar-refractivity contribution in [2.24, 2.45) is 5.41 Å². The highest BCUT2D eigenvalue weighted by Crippen LogP contribution is 2.50. The molecule has 0 radical (unpaired) electrons. The molecule has 0 spiro atoms. The molecule has 1 aliphatic carbocycles. The van der Waals surface area contributed by atoms with E-state index in [0.717, 1.165) is 12.8 Å². The minimum Gasteiger partial charge on any atom is -0.469 e. The third kappa shape index (κ3) is 4.94. The minimum atomic E-state index is -3.08. The first kappa shape index (κ1) is 15.4. The Kier molecular flexibility index (Phi) is 5.16. The van der Waals surface area contributed by atoms with Crippen LogP contribution in [-0.2, 0) is 19.4 Å². The number of nitrogens with one attached hydrogen (secondary N) is 1. The second-order valence-corrected chi connectivity index (χ2v) is 7.51. The predicted octanol–water partition coefficient (Wildman–Crippen LogP) is 0.742. The molecule has 1 unspecified atom stereocenters. The first-order valence-corrected chi connectivity index (χ1v) is 8.09. The van der Waals surface area contributed by atoms with Gasteiger partial charge < -0.3 is 10.1 Å². The Morgan fingerprint density at radius 3 is 2.50 bits per heavy atom. The van der Waals surface area contributed by atoms with Crippen LogP contribution in [0.4, 0.5) is 0 Å². The van der Waals surface area contributed by atoms with Gasteiger partial charge in [-0.15, -0.1) is 0 Å². The van der Waals surface area contributed by atoms with Gasteiger partial charge >= 0.3 is 5.97 Å². The molecule has 0 bridgehead atoms. The van der Waals surface area contributed by atoms with Gasteiger partial charge in [-0.1, -0.05) is 0 Å². The number of methoxy groups -OCH3 is 1. The molecular formula is C12H23NO4S. The van der Waals surface area contributed by atoms with E-state index >= 15 is 0 Å². The third-order valence-corrected chi connectivity index (χ3v) is 5.49. The molecule has 1 atom stereocenters. The van der Waals surface area contributed by atoms with Crippen molar-refractivity contribution in [2.75, 3.05) is 25.7 Å². The fourth-order valence-corrected chi connectivity index (χ4v) is 4.15. The lowest BCUT2D eigenvalue weighted by Crippen LogP contribution is -2.28. The predicted molar refractivity (Wildman–Crippen MR) is 70.1 cm³/mol. The Morgan fingerprint density at radius 2 is 2.06 bits per heavy atom. The number of rotatable bonds is 8. The zero-order chi connectivity index (χ0) is 13.8. The topological polar surface area (TPSA) is 72.5 Å². The SMILES string of the molecule is CNC(C)CCS(=O)(=O)CC1(CC(=O)OC)CC1. The zero-order valence-electron chi connectivity index (χ0n) is 11.4. The van der Waals surface area contributed by atoms with Crippen molar-refractivity contribution in [3.63, 3.8) is 0 Å². The van der Waals surface area contributed by atoms with Crippen LogP contribution in [0.25, 0.3) is 0 Å². The van der Waals surface area contributed by atoms with Gasteiger partial charge in [-0.3, -0.25) is 4.79 Å². The summed E-state index contributed by atoms with van der Waals surface area (Å²) < 4.78 is 28.6. The maximum atomic E-state index is 12.0. The van der Waals surface area contributed by atoms with Gasteiger partial charge in [-0.2, -0.15) is 0 Å². The highest BCUT2D eigenvalue weighted by molar-refractivity contribution is 7.91. The van der Waals surface area contributed by atoms with Crippen molar-refractivity contribution in [2.45, 2.75) is 38.6 Å². The monoisotopic (exact) mass is 277 g/mol. The van der Waals surface area contributed by atoms with Crippen LogP contribution in [0.15, 0.2) is 0 Å². The van der Waals surface area contributed by atoms with Crippen LogP contribution >= 0.6 is 0 Å². The van der Waals surface area contributed by atoms with Gasteiger partial charge in [-0.25, -0.2) is 8.42 Å². The number of ether oxygens (including phenoxy) is 1. The van der Waals surface area contributed by atoms with Gasteiger partial charge in [0.05, 0.1) is 25.0 Å². The Morgan fingerprint density at radius 1 is 1.44 bits per heavy atom. The van der Waals surface area contributed by atoms with Crippen molar-refractivity contribution < 1.29 is 17.9 Å². The molecule has 0 saturated heterocycles. The van der Waals surface area contributed by atoms with Gasteiger partial charge in [0.2, 0.25) is 0 Å². The van der Waals surface area contributed by atoms with Crippen molar-refractivity contribution >= 4 is 15.8 Å². The molecule has 5 nitrogen and oxygen atoms in total. The van der Waals surface area contributed by atoms with Gasteiger partial charge in [-0.05, 0) is 38.6 Å². The average Bonchev–Trinajstić information content (AvgIpc) is 3.04. The second-order valence-electron chi connectivity index (χ2n) is 5.32. The normalized spacial score (nSPS) is 19.3. The number of carbonyl (C=O) groups excluding carboxylic acids is 1. The van der Waals surface area contributed by atoms with Gasteiger partial charge in [0, 0.05) is 6.04 Å². The van der Waals surface area contributed by atoms with E-state index in [1.165, 1.54) is 7.11 Å². The molecule has 1 rings (SSSR count). The molecule has 1 N–H and O–H groups in total. The number of hydrogen-bond donors (Lipinski definition) is 1. The Labute approximate surface area is 109 Å². The molecule has 0 aromatic rings. The van der Waals surface area contributed by atoms with Crippen molar-refractivity contribution in [3.8, 4) is 0 Å². The number of hydrogen-bond acceptors (Lipinski definition) is 5. The van der Waals surface area contributed by atoms with Crippen LogP contribution in [0.2, 0.25) is 0 Å². The molecule has 1 fully saturated rings. The fourth-order valence-electron chi connectivity index (χ4n) is 1.97. The van der Waals surface area contributed by atoms with E-state index in [2.05, 4.69) is 10.1 Å². The summed E-state index contributed by atoms with van der Waals surface area (Å²) in [5.74, 6) is -0.0185. The van der Waals surface area contributed by atoms with Gasteiger partial charge in [0.15, 0.2) is 9.84 Å². The van der Waals surface area contributed by atoms with Crippen molar-refractivity contribution in [3.05, 3.63) is 0 Å². The van der Waals surface area contributed by atoms with E-state index in [0.29, 0.717) is 6.42 Å². The van der Waals surface area contributed by atoms with Crippen LogP contribution in [-0.4, -0.2) is 46.1 Å². The zero-order valence-corrected chi connectivity index (χ0v) is 12.2. The molecule has 106 valence electrons. The first-order valence-electron chi connectivity index (χ1n) is 6.27. The summed E-state index contributed by atoms with van der Waals surface area (Å²) >= 11 is 0. The quantitative estimate of drug-likeness (QED) is 0.663. The summed E-state index contributed by atoms with van der Waals surface area (Å²) in [5.41, 5.74) is -0.338. The van der Waals surface area contributed by atoms with Crippen molar-refractivity contribution in [1.29, 1.82) is 0 Å². The summed E-state index contributed by atoms with van der Waals surface area (Å²) in [4.78, 5) is 11.2. The van der Waals surface area contributed by atoms with E-state index in [1.54, 1.807) is 0 Å². The molecule has 1 aliphatic rings. The largest absolute Gasteiger partial charge is 0.469 e. The summed E-state index contributed by atoms with van der Waals surface area (Å²) in [7, 11) is 0.0677. The molecule has 18 heavy (non-hydrogen) atoms. The fraction of sp³-hybridized carbons (Fsp3) is 0.917. The molecule has 6 heteroatoms. The maximum absolute atomic E-state index is 12.0. The van der Waals surface area contributed by atoms with E-state index in [4.69, 9.17) is 0 Å². The summed E-state index contributed by atoms with van der Waals surface area (Å²) in [6.07, 6.45) is 2.45. The summed E-state index contributed by atoms with van der Waals surface area (Å²) in [6, 6.07) is 0.190.